The van der Waals surface area contributed by atoms with Gasteiger partial charge in [-0.1, -0.05) is 0 Å². The number of ether oxygens (including phenoxy) is 4. The number of alkyl halides is 3. The Balaban J connectivity index is 1.36. The molecule has 1 fully saturated rings. The maximum absolute atomic E-state index is 13.5. The molecule has 1 aromatic heterocycles. The molecule has 0 saturated carbocycles. The highest BCUT2D eigenvalue weighted by Gasteiger charge is 2.33. The number of sulfonamides is 1. The summed E-state index contributed by atoms with van der Waals surface area (Å²) >= 11 is 0. The Hall–Kier alpha value is -5.30. The van der Waals surface area contributed by atoms with Gasteiger partial charge in [0, 0.05) is 56.2 Å². The number of amides is 3. The number of piperazine rings is 1. The number of carbonyl (C=O) groups excluding carboxylic acids is 3. The van der Waals surface area contributed by atoms with Crippen molar-refractivity contribution in [2.75, 3.05) is 62.7 Å². The molecular weight excluding hydrogens is 798 g/mol. The largest absolute Gasteiger partial charge is 0.490 e. The Labute approximate surface area is 343 Å². The van der Waals surface area contributed by atoms with Crippen LogP contribution in [0.5, 0.6) is 11.5 Å². The first-order valence-electron chi connectivity index (χ1n) is 19.1. The standard InChI is InChI=1S/C40H53F3N6O9S/c1-27-24-29(40(41,42)43)26-34(46-27)48-18-20-49(21-19-48)59(53,54)31-13-11-30(12-14-31)47-35(50)28-10-15-32(55-22-8-16-44-36(51)57-38(2,3)4)33(25-28)56-23-9-17-45-37(52)58-39(5,6)7/h10-15,24-26H,8-9,16-23H2,1-7H3,(H,44,51)(H,45,52)(H,47,50). The maximum Gasteiger partial charge on any atom is 0.416 e. The molecule has 3 amide bonds. The molecule has 4 rings (SSSR count). The molecule has 2 aromatic carbocycles. The van der Waals surface area contributed by atoms with Crippen LogP contribution in [0.3, 0.4) is 0 Å². The highest BCUT2D eigenvalue weighted by atomic mass is 32.2. The second-order valence-electron chi connectivity index (χ2n) is 15.6. The molecule has 2 heterocycles. The van der Waals surface area contributed by atoms with E-state index < -0.39 is 51.1 Å². The minimum atomic E-state index is -4.54. The average molecular weight is 851 g/mol. The number of aryl methyl sites for hydroxylation is 1. The number of anilines is 2. The van der Waals surface area contributed by atoms with Crippen LogP contribution in [-0.2, 0) is 25.7 Å². The summed E-state index contributed by atoms with van der Waals surface area (Å²) in [5, 5.41) is 8.07. The van der Waals surface area contributed by atoms with Crippen molar-refractivity contribution in [3.8, 4) is 11.5 Å². The molecule has 0 unspecified atom stereocenters. The van der Waals surface area contributed by atoms with E-state index in [2.05, 4.69) is 20.9 Å². The molecule has 0 atom stereocenters. The first-order valence-corrected chi connectivity index (χ1v) is 20.5. The van der Waals surface area contributed by atoms with Gasteiger partial charge in [0.25, 0.3) is 5.91 Å². The number of alkyl carbamates (subject to hydrolysis) is 2. The zero-order chi connectivity index (χ0) is 43.6. The van der Waals surface area contributed by atoms with Crippen LogP contribution in [0.15, 0.2) is 59.5 Å². The summed E-state index contributed by atoms with van der Waals surface area (Å²) in [6, 6.07) is 12.2. The van der Waals surface area contributed by atoms with E-state index in [0.717, 1.165) is 12.1 Å². The normalized spacial score (nSPS) is 14.0. The van der Waals surface area contributed by atoms with E-state index in [-0.39, 0.29) is 73.7 Å². The Morgan fingerprint density at radius 1 is 0.746 bits per heavy atom. The van der Waals surface area contributed by atoms with Gasteiger partial charge in [0.2, 0.25) is 10.0 Å². The highest BCUT2D eigenvalue weighted by molar-refractivity contribution is 7.89. The van der Waals surface area contributed by atoms with Crippen LogP contribution in [0.1, 0.15) is 76.0 Å². The summed E-state index contributed by atoms with van der Waals surface area (Å²) in [7, 11) is -3.96. The number of rotatable bonds is 15. The lowest BCUT2D eigenvalue weighted by Crippen LogP contribution is -2.49. The lowest BCUT2D eigenvalue weighted by Gasteiger charge is -2.35. The van der Waals surface area contributed by atoms with Gasteiger partial charge in [-0.05, 0) is 116 Å². The Kier molecular flexibility index (Phi) is 15.4. The monoisotopic (exact) mass is 850 g/mol. The fourth-order valence-corrected chi connectivity index (χ4v) is 7.02. The minimum absolute atomic E-state index is 0.0170. The van der Waals surface area contributed by atoms with E-state index in [1.807, 2.05) is 0 Å². The van der Waals surface area contributed by atoms with E-state index in [4.69, 9.17) is 18.9 Å². The number of hydrogen-bond acceptors (Lipinski definition) is 11. The summed E-state index contributed by atoms with van der Waals surface area (Å²) in [5.41, 5.74) is -1.36. The minimum Gasteiger partial charge on any atom is -0.490 e. The van der Waals surface area contributed by atoms with Gasteiger partial charge in [-0.3, -0.25) is 4.79 Å². The number of pyridine rings is 1. The number of aromatic nitrogens is 1. The predicted molar refractivity (Wildman–Crippen MR) is 214 cm³/mol. The molecule has 0 radical (unpaired) electrons. The summed E-state index contributed by atoms with van der Waals surface area (Å²) in [4.78, 5) is 43.1. The first-order chi connectivity index (χ1) is 27.5. The summed E-state index contributed by atoms with van der Waals surface area (Å²) < 4.78 is 90.7. The lowest BCUT2D eigenvalue weighted by molar-refractivity contribution is -0.137. The molecule has 59 heavy (non-hydrogen) atoms. The zero-order valence-electron chi connectivity index (χ0n) is 34.3. The van der Waals surface area contributed by atoms with Crippen molar-refractivity contribution in [1.82, 2.24) is 19.9 Å². The number of benzene rings is 2. The van der Waals surface area contributed by atoms with Crippen molar-refractivity contribution in [1.29, 1.82) is 0 Å². The molecule has 3 N–H and O–H groups in total. The molecule has 0 bridgehead atoms. The van der Waals surface area contributed by atoms with Crippen LogP contribution >= 0.6 is 0 Å². The lowest BCUT2D eigenvalue weighted by atomic mass is 10.1. The Morgan fingerprint density at radius 2 is 1.29 bits per heavy atom. The third-order valence-electron chi connectivity index (χ3n) is 8.28. The molecule has 15 nitrogen and oxygen atoms in total. The maximum atomic E-state index is 13.5. The summed E-state index contributed by atoms with van der Waals surface area (Å²) in [6.07, 6.45) is -4.79. The van der Waals surface area contributed by atoms with Crippen molar-refractivity contribution in [3.05, 3.63) is 71.4 Å². The van der Waals surface area contributed by atoms with Crippen LogP contribution < -0.4 is 30.3 Å². The van der Waals surface area contributed by atoms with Gasteiger partial charge in [-0.2, -0.15) is 17.5 Å². The van der Waals surface area contributed by atoms with E-state index >= 15 is 0 Å². The molecule has 0 spiro atoms. The zero-order valence-corrected chi connectivity index (χ0v) is 35.1. The molecule has 19 heteroatoms. The molecule has 0 aliphatic carbocycles. The van der Waals surface area contributed by atoms with Crippen molar-refractivity contribution in [2.45, 2.75) is 83.6 Å². The molecule has 3 aromatic rings. The van der Waals surface area contributed by atoms with Crippen molar-refractivity contribution in [2.24, 2.45) is 0 Å². The third-order valence-corrected chi connectivity index (χ3v) is 10.2. The number of nitrogens with one attached hydrogen (secondary N) is 3. The van der Waals surface area contributed by atoms with E-state index in [0.29, 0.717) is 30.8 Å². The molecule has 324 valence electrons. The quantitative estimate of drug-likeness (QED) is 0.138. The van der Waals surface area contributed by atoms with E-state index in [1.165, 1.54) is 47.6 Å². The Bertz CT molecular complexity index is 2030. The average Bonchev–Trinajstić information content (AvgIpc) is 3.13. The predicted octanol–water partition coefficient (Wildman–Crippen LogP) is 6.76. The number of nitrogens with zero attached hydrogens (tertiary/aromatic N) is 3. The topological polar surface area (TPSA) is 178 Å². The number of hydrogen-bond donors (Lipinski definition) is 3. The van der Waals surface area contributed by atoms with Crippen molar-refractivity contribution < 1.29 is 54.9 Å². The fourth-order valence-electron chi connectivity index (χ4n) is 5.60. The van der Waals surface area contributed by atoms with Crippen LogP contribution in [0.25, 0.3) is 0 Å². The van der Waals surface area contributed by atoms with Gasteiger partial charge in [-0.15, -0.1) is 0 Å². The van der Waals surface area contributed by atoms with Crippen LogP contribution in [0.2, 0.25) is 0 Å². The third kappa shape index (κ3) is 14.8. The van der Waals surface area contributed by atoms with Gasteiger partial charge in [0.05, 0.1) is 23.7 Å². The SMILES string of the molecule is Cc1cc(C(F)(F)F)cc(N2CCN(S(=O)(=O)c3ccc(NC(=O)c4ccc(OCCCNC(=O)OC(C)(C)C)c(OCCCNC(=O)OC(C)(C)C)c4)cc3)CC2)n1. The fraction of sp³-hybridized carbons (Fsp3) is 0.500. The molecular formula is C40H53F3N6O9S. The van der Waals surface area contributed by atoms with Gasteiger partial charge < -0.3 is 39.8 Å². The van der Waals surface area contributed by atoms with Gasteiger partial charge >= 0.3 is 18.4 Å². The highest BCUT2D eigenvalue weighted by Crippen LogP contribution is 2.33. The summed E-state index contributed by atoms with van der Waals surface area (Å²) in [6.45, 7) is 13.3. The van der Waals surface area contributed by atoms with E-state index in [9.17, 15) is 36.0 Å². The Morgan fingerprint density at radius 3 is 1.81 bits per heavy atom. The van der Waals surface area contributed by atoms with Crippen molar-refractivity contribution in [3.63, 3.8) is 0 Å². The van der Waals surface area contributed by atoms with Gasteiger partial charge in [0.1, 0.15) is 17.0 Å². The van der Waals surface area contributed by atoms with Gasteiger partial charge in [0.15, 0.2) is 11.5 Å². The van der Waals surface area contributed by atoms with Crippen LogP contribution in [0, 0.1) is 6.92 Å². The van der Waals surface area contributed by atoms with Crippen LogP contribution in [-0.4, -0.2) is 99.5 Å². The second-order valence-corrected chi connectivity index (χ2v) is 17.6. The van der Waals surface area contributed by atoms with Crippen molar-refractivity contribution >= 4 is 39.6 Å². The second kappa shape index (κ2) is 19.6. The molecule has 1 saturated heterocycles. The molecule has 1 aliphatic heterocycles. The van der Waals surface area contributed by atoms with Gasteiger partial charge in [-0.25, -0.2) is 23.0 Å². The molecule has 1 aliphatic rings. The van der Waals surface area contributed by atoms with E-state index in [1.54, 1.807) is 52.5 Å². The summed E-state index contributed by atoms with van der Waals surface area (Å²) in [5.74, 6) is 0.221. The number of halogens is 3. The first kappa shape index (κ1) is 46.4. The number of carbonyl (C=O) groups is 3. The van der Waals surface area contributed by atoms with Crippen LogP contribution in [0.4, 0.5) is 34.3 Å². The smallest absolute Gasteiger partial charge is 0.416 e.